The maximum atomic E-state index is 13.6. The number of benzene rings is 3. The number of nitro groups is 1. The van der Waals surface area contributed by atoms with Gasteiger partial charge in [0, 0.05) is 29.3 Å². The number of amides is 1. The minimum absolute atomic E-state index is 0.102. The highest BCUT2D eigenvalue weighted by Crippen LogP contribution is 2.39. The number of hydrogen-bond acceptors (Lipinski definition) is 9. The zero-order valence-corrected chi connectivity index (χ0v) is 19.6. The van der Waals surface area contributed by atoms with E-state index in [1.807, 2.05) is 0 Å². The van der Waals surface area contributed by atoms with Gasteiger partial charge in [-0.05, 0) is 18.2 Å². The van der Waals surface area contributed by atoms with Crippen LogP contribution in [0.25, 0.3) is 0 Å². The number of ether oxygens (including phenoxy) is 3. The van der Waals surface area contributed by atoms with Crippen molar-refractivity contribution in [3.8, 4) is 11.5 Å². The Morgan fingerprint density at radius 3 is 2.46 bits per heavy atom. The molecule has 0 saturated carbocycles. The summed E-state index contributed by atoms with van der Waals surface area (Å²) in [6.45, 7) is 0. The highest BCUT2D eigenvalue weighted by Gasteiger charge is 2.46. The Morgan fingerprint density at radius 1 is 1.00 bits per heavy atom. The Balaban J connectivity index is 1.75. The molecule has 37 heavy (non-hydrogen) atoms. The normalized spacial score (nSPS) is 14.6. The van der Waals surface area contributed by atoms with Crippen LogP contribution in [0.2, 0.25) is 0 Å². The van der Waals surface area contributed by atoms with E-state index >= 15 is 0 Å². The summed E-state index contributed by atoms with van der Waals surface area (Å²) in [4.78, 5) is 63.2. The topological polar surface area (TPSA) is 151 Å². The van der Waals surface area contributed by atoms with Crippen molar-refractivity contribution in [2.24, 2.45) is 5.92 Å². The molecular weight excluding hydrogens is 484 g/mol. The van der Waals surface area contributed by atoms with E-state index in [1.54, 1.807) is 18.2 Å². The molecule has 2 atom stereocenters. The van der Waals surface area contributed by atoms with Gasteiger partial charge in [0.05, 0.1) is 30.4 Å². The van der Waals surface area contributed by atoms with Crippen molar-refractivity contribution in [3.63, 3.8) is 0 Å². The molecule has 1 amide bonds. The van der Waals surface area contributed by atoms with Crippen LogP contribution in [0.15, 0.2) is 66.7 Å². The Kier molecular flexibility index (Phi) is 6.96. The third-order valence-corrected chi connectivity index (χ3v) is 5.81. The van der Waals surface area contributed by atoms with E-state index in [0.29, 0.717) is 5.75 Å². The van der Waals surface area contributed by atoms with Crippen molar-refractivity contribution in [2.75, 3.05) is 19.5 Å². The molecule has 0 fully saturated rings. The molecule has 1 aliphatic heterocycles. The van der Waals surface area contributed by atoms with Crippen LogP contribution in [0.1, 0.15) is 32.4 Å². The standard InChI is InChI=1S/C26H20N2O9/c1-35-16-10-11-20(36-2)19(13-16)27-25(31)23(30)21(22(29)14-6-5-7-15(12-14)28(33)34)24-17-8-3-4-9-18(17)26(32)37-24/h3-13,21,24H,1-2H3,(H,27,31)/t21-,24-/m1/s1. The van der Waals surface area contributed by atoms with Crippen LogP contribution < -0.4 is 14.8 Å². The average molecular weight is 504 g/mol. The molecule has 0 saturated heterocycles. The highest BCUT2D eigenvalue weighted by atomic mass is 16.6. The summed E-state index contributed by atoms with van der Waals surface area (Å²) in [6.07, 6.45) is -1.42. The van der Waals surface area contributed by atoms with Gasteiger partial charge in [-0.15, -0.1) is 0 Å². The number of esters is 1. The predicted octanol–water partition coefficient (Wildman–Crippen LogP) is 3.53. The van der Waals surface area contributed by atoms with Gasteiger partial charge in [-0.25, -0.2) is 4.79 Å². The van der Waals surface area contributed by atoms with Gasteiger partial charge in [0.2, 0.25) is 5.78 Å². The number of methoxy groups -OCH3 is 2. The molecule has 4 rings (SSSR count). The fourth-order valence-corrected chi connectivity index (χ4v) is 4.00. The first-order valence-corrected chi connectivity index (χ1v) is 10.9. The van der Waals surface area contributed by atoms with Crippen molar-refractivity contribution in [3.05, 3.63) is 93.5 Å². The van der Waals surface area contributed by atoms with E-state index < -0.39 is 40.4 Å². The number of rotatable bonds is 9. The van der Waals surface area contributed by atoms with Crippen LogP contribution in [0.5, 0.6) is 11.5 Å². The summed E-state index contributed by atoms with van der Waals surface area (Å²) >= 11 is 0. The second kappa shape index (κ2) is 10.3. The fourth-order valence-electron chi connectivity index (χ4n) is 4.00. The second-order valence-electron chi connectivity index (χ2n) is 7.95. The van der Waals surface area contributed by atoms with Gasteiger partial charge in [0.1, 0.15) is 23.5 Å². The van der Waals surface area contributed by atoms with E-state index in [2.05, 4.69) is 5.32 Å². The molecule has 0 spiro atoms. The minimum atomic E-state index is -1.81. The number of cyclic esters (lactones) is 1. The van der Waals surface area contributed by atoms with Gasteiger partial charge in [0.15, 0.2) is 5.78 Å². The van der Waals surface area contributed by atoms with Crippen LogP contribution in [0.4, 0.5) is 11.4 Å². The number of nitro benzene ring substituents is 1. The molecule has 3 aromatic carbocycles. The van der Waals surface area contributed by atoms with E-state index in [1.165, 1.54) is 56.7 Å². The van der Waals surface area contributed by atoms with Crippen molar-refractivity contribution < 1.29 is 38.3 Å². The lowest BCUT2D eigenvalue weighted by Crippen LogP contribution is -2.38. The van der Waals surface area contributed by atoms with Crippen LogP contribution in [-0.4, -0.2) is 42.6 Å². The largest absolute Gasteiger partial charge is 0.497 e. The second-order valence-corrected chi connectivity index (χ2v) is 7.95. The smallest absolute Gasteiger partial charge is 0.339 e. The van der Waals surface area contributed by atoms with Gasteiger partial charge >= 0.3 is 5.97 Å². The number of nitrogens with one attached hydrogen (secondary N) is 1. The number of ketones is 2. The third-order valence-electron chi connectivity index (χ3n) is 5.81. The molecule has 0 aromatic heterocycles. The first kappa shape index (κ1) is 25.0. The van der Waals surface area contributed by atoms with Gasteiger partial charge in [-0.1, -0.05) is 30.3 Å². The Hall–Kier alpha value is -5.06. The summed E-state index contributed by atoms with van der Waals surface area (Å²) in [5, 5.41) is 13.7. The zero-order chi connectivity index (χ0) is 26.7. The fraction of sp³-hybridized carbons (Fsp3) is 0.154. The number of hydrogen-bond donors (Lipinski definition) is 1. The predicted molar refractivity (Wildman–Crippen MR) is 129 cm³/mol. The molecule has 0 unspecified atom stereocenters. The molecule has 0 bridgehead atoms. The first-order valence-electron chi connectivity index (χ1n) is 10.9. The summed E-state index contributed by atoms with van der Waals surface area (Å²) in [5.41, 5.74) is -0.0832. The SMILES string of the molecule is COc1ccc(OC)c(NC(=O)C(=O)[C@@H](C(=O)c2cccc([N+](=O)[O-])c2)[C@@H]2OC(=O)c3ccccc32)c1. The molecule has 1 N–H and O–H groups in total. The number of non-ortho nitro benzene ring substituents is 1. The average Bonchev–Trinajstić information content (AvgIpc) is 3.24. The van der Waals surface area contributed by atoms with Crippen molar-refractivity contribution in [1.29, 1.82) is 0 Å². The Labute approximate surface area is 210 Å². The maximum absolute atomic E-state index is 13.6. The molecule has 1 heterocycles. The number of Topliss-reactive ketones (excluding diaryl/α,β-unsaturated/α-hetero) is 2. The van der Waals surface area contributed by atoms with Crippen LogP contribution >= 0.6 is 0 Å². The first-order chi connectivity index (χ1) is 17.7. The molecule has 0 radical (unpaired) electrons. The van der Waals surface area contributed by atoms with E-state index in [0.717, 1.165) is 6.07 Å². The molecule has 11 heteroatoms. The lowest BCUT2D eigenvalue weighted by molar-refractivity contribution is -0.384. The molecule has 11 nitrogen and oxygen atoms in total. The molecule has 3 aromatic rings. The monoisotopic (exact) mass is 504 g/mol. The lowest BCUT2D eigenvalue weighted by atomic mass is 9.84. The summed E-state index contributed by atoms with van der Waals surface area (Å²) in [6, 6.07) is 15.4. The van der Waals surface area contributed by atoms with Crippen molar-refractivity contribution in [2.45, 2.75) is 6.10 Å². The van der Waals surface area contributed by atoms with Crippen molar-refractivity contribution in [1.82, 2.24) is 0 Å². The van der Waals surface area contributed by atoms with Crippen LogP contribution in [0.3, 0.4) is 0 Å². The number of carbonyl (C=O) groups excluding carboxylic acids is 4. The number of carbonyl (C=O) groups is 4. The Morgan fingerprint density at radius 2 is 1.76 bits per heavy atom. The van der Waals surface area contributed by atoms with Gasteiger partial charge in [-0.2, -0.15) is 0 Å². The van der Waals surface area contributed by atoms with E-state index in [9.17, 15) is 29.3 Å². The van der Waals surface area contributed by atoms with Crippen LogP contribution in [0, 0.1) is 16.0 Å². The van der Waals surface area contributed by atoms with Gasteiger partial charge in [-0.3, -0.25) is 24.5 Å². The van der Waals surface area contributed by atoms with E-state index in [-0.39, 0.29) is 33.8 Å². The van der Waals surface area contributed by atoms with Crippen LogP contribution in [-0.2, 0) is 14.3 Å². The summed E-state index contributed by atoms with van der Waals surface area (Å²) < 4.78 is 15.7. The molecule has 0 aliphatic carbocycles. The number of fused-ring (bicyclic) bond motifs is 1. The lowest BCUT2D eigenvalue weighted by Gasteiger charge is -2.21. The number of anilines is 1. The Bertz CT molecular complexity index is 1430. The zero-order valence-electron chi connectivity index (χ0n) is 19.6. The highest BCUT2D eigenvalue weighted by molar-refractivity contribution is 6.45. The van der Waals surface area contributed by atoms with E-state index in [4.69, 9.17) is 14.2 Å². The third kappa shape index (κ3) is 4.87. The molecular formula is C26H20N2O9. The van der Waals surface area contributed by atoms with Gasteiger partial charge < -0.3 is 19.5 Å². The summed E-state index contributed by atoms with van der Waals surface area (Å²) in [7, 11) is 2.78. The van der Waals surface area contributed by atoms with Crippen molar-refractivity contribution >= 4 is 34.8 Å². The number of nitrogens with zero attached hydrogens (tertiary/aromatic N) is 1. The molecule has 188 valence electrons. The minimum Gasteiger partial charge on any atom is -0.497 e. The maximum Gasteiger partial charge on any atom is 0.339 e. The summed E-state index contributed by atoms with van der Waals surface area (Å²) in [5.74, 6) is -5.30. The molecule has 1 aliphatic rings. The quantitative estimate of drug-likeness (QED) is 0.115. The van der Waals surface area contributed by atoms with Gasteiger partial charge in [0.25, 0.3) is 11.6 Å².